The predicted octanol–water partition coefficient (Wildman–Crippen LogP) is 3.03. The summed E-state index contributed by atoms with van der Waals surface area (Å²) in [6.07, 6.45) is 3.81. The standard InChI is InChI=1S/C16H17NO3S2/c1-12-4-5-14(22-12)6-7-16(19)20-11-15(18)17-9-8-13-3-2-10-21-13/h2-7,10H,8-9,11H2,1H3,(H,17,18)/b7-6+. The Hall–Kier alpha value is -1.92. The van der Waals surface area contributed by atoms with Crippen LogP contribution >= 0.6 is 22.7 Å². The van der Waals surface area contributed by atoms with Gasteiger partial charge >= 0.3 is 5.97 Å². The molecular formula is C16H17NO3S2. The van der Waals surface area contributed by atoms with E-state index in [-0.39, 0.29) is 12.5 Å². The molecule has 0 aliphatic rings. The van der Waals surface area contributed by atoms with E-state index in [1.54, 1.807) is 28.7 Å². The molecule has 2 heterocycles. The molecule has 0 atom stereocenters. The lowest BCUT2D eigenvalue weighted by molar-refractivity contribution is -0.143. The van der Waals surface area contributed by atoms with Gasteiger partial charge in [0.25, 0.3) is 5.91 Å². The number of thiophene rings is 2. The van der Waals surface area contributed by atoms with E-state index in [4.69, 9.17) is 4.74 Å². The van der Waals surface area contributed by atoms with Crippen molar-refractivity contribution in [3.05, 3.63) is 50.4 Å². The maximum Gasteiger partial charge on any atom is 0.331 e. The molecule has 0 aliphatic carbocycles. The van der Waals surface area contributed by atoms with Gasteiger partial charge in [-0.2, -0.15) is 0 Å². The zero-order chi connectivity index (χ0) is 15.8. The Labute approximate surface area is 137 Å². The molecule has 6 heteroatoms. The van der Waals surface area contributed by atoms with Crippen LogP contribution < -0.4 is 5.32 Å². The summed E-state index contributed by atoms with van der Waals surface area (Å²) in [4.78, 5) is 26.4. The zero-order valence-corrected chi connectivity index (χ0v) is 13.8. The van der Waals surface area contributed by atoms with Gasteiger partial charge in [0.05, 0.1) is 0 Å². The normalized spacial score (nSPS) is 10.8. The predicted molar refractivity (Wildman–Crippen MR) is 90.1 cm³/mol. The molecular weight excluding hydrogens is 318 g/mol. The quantitative estimate of drug-likeness (QED) is 0.625. The van der Waals surface area contributed by atoms with E-state index in [0.29, 0.717) is 6.54 Å². The summed E-state index contributed by atoms with van der Waals surface area (Å²) in [5.74, 6) is -0.801. The van der Waals surface area contributed by atoms with Crippen LogP contribution in [0.2, 0.25) is 0 Å². The van der Waals surface area contributed by atoms with Gasteiger partial charge in [-0.1, -0.05) is 6.07 Å². The second-order valence-corrected chi connectivity index (χ2v) is 6.92. The minimum atomic E-state index is -0.514. The Morgan fingerprint density at radius 3 is 2.86 bits per heavy atom. The second kappa shape index (κ2) is 8.51. The fraction of sp³-hybridized carbons (Fsp3) is 0.250. The lowest BCUT2D eigenvalue weighted by atomic mass is 10.3. The summed E-state index contributed by atoms with van der Waals surface area (Å²) in [7, 11) is 0. The molecule has 1 amide bonds. The van der Waals surface area contributed by atoms with Crippen molar-refractivity contribution in [2.24, 2.45) is 0 Å². The summed E-state index contributed by atoms with van der Waals surface area (Å²) in [5, 5.41) is 4.72. The molecule has 0 unspecified atom stereocenters. The first-order valence-electron chi connectivity index (χ1n) is 6.84. The fourth-order valence-electron chi connectivity index (χ4n) is 1.71. The number of hydrogen-bond donors (Lipinski definition) is 1. The van der Waals surface area contributed by atoms with Gasteiger partial charge in [0, 0.05) is 27.3 Å². The Morgan fingerprint density at radius 2 is 2.18 bits per heavy atom. The van der Waals surface area contributed by atoms with Crippen LogP contribution in [0.3, 0.4) is 0 Å². The van der Waals surface area contributed by atoms with Crippen molar-refractivity contribution in [1.82, 2.24) is 5.32 Å². The number of aryl methyl sites for hydroxylation is 1. The van der Waals surface area contributed by atoms with Crippen molar-refractivity contribution < 1.29 is 14.3 Å². The van der Waals surface area contributed by atoms with Crippen molar-refractivity contribution in [3.8, 4) is 0 Å². The molecule has 0 saturated heterocycles. The molecule has 2 aromatic heterocycles. The molecule has 0 fully saturated rings. The number of ether oxygens (including phenoxy) is 1. The third-order valence-electron chi connectivity index (χ3n) is 2.76. The van der Waals surface area contributed by atoms with E-state index in [9.17, 15) is 9.59 Å². The van der Waals surface area contributed by atoms with Crippen molar-refractivity contribution in [2.75, 3.05) is 13.2 Å². The third kappa shape index (κ3) is 5.83. The minimum absolute atomic E-state index is 0.253. The average molecular weight is 335 g/mol. The SMILES string of the molecule is Cc1ccc(/C=C/C(=O)OCC(=O)NCCc2cccs2)s1. The highest BCUT2D eigenvalue weighted by atomic mass is 32.1. The molecule has 0 spiro atoms. The number of nitrogens with one attached hydrogen (secondary N) is 1. The largest absolute Gasteiger partial charge is 0.452 e. The van der Waals surface area contributed by atoms with Crippen LogP contribution in [0.4, 0.5) is 0 Å². The summed E-state index contributed by atoms with van der Waals surface area (Å²) >= 11 is 3.25. The topological polar surface area (TPSA) is 55.4 Å². The summed E-state index contributed by atoms with van der Waals surface area (Å²) in [5.41, 5.74) is 0. The minimum Gasteiger partial charge on any atom is -0.452 e. The van der Waals surface area contributed by atoms with Gasteiger partial charge in [-0.25, -0.2) is 4.79 Å². The fourth-order valence-corrected chi connectivity index (χ4v) is 3.20. The highest BCUT2D eigenvalue weighted by Gasteiger charge is 2.05. The molecule has 4 nitrogen and oxygen atoms in total. The highest BCUT2D eigenvalue weighted by molar-refractivity contribution is 7.12. The van der Waals surface area contributed by atoms with Gasteiger partial charge in [-0.15, -0.1) is 22.7 Å². The van der Waals surface area contributed by atoms with Crippen molar-refractivity contribution in [2.45, 2.75) is 13.3 Å². The van der Waals surface area contributed by atoms with E-state index in [1.807, 2.05) is 36.6 Å². The Morgan fingerprint density at radius 1 is 1.32 bits per heavy atom. The van der Waals surface area contributed by atoms with E-state index < -0.39 is 5.97 Å². The van der Waals surface area contributed by atoms with Gasteiger partial charge in [-0.3, -0.25) is 4.79 Å². The number of carbonyl (C=O) groups excluding carboxylic acids is 2. The van der Waals surface area contributed by atoms with Gasteiger partial charge in [0.15, 0.2) is 6.61 Å². The summed E-state index contributed by atoms with van der Waals surface area (Å²) in [6, 6.07) is 7.91. The Balaban J connectivity index is 1.63. The van der Waals surface area contributed by atoms with Crippen LogP contribution in [0, 0.1) is 6.92 Å². The van der Waals surface area contributed by atoms with Crippen LogP contribution in [0.5, 0.6) is 0 Å². The van der Waals surface area contributed by atoms with E-state index >= 15 is 0 Å². The number of esters is 1. The molecule has 2 rings (SSSR count). The average Bonchev–Trinajstić information content (AvgIpc) is 3.14. The molecule has 0 saturated carbocycles. The van der Waals surface area contributed by atoms with Gasteiger partial charge in [0.2, 0.25) is 0 Å². The second-order valence-electron chi connectivity index (χ2n) is 4.57. The van der Waals surface area contributed by atoms with Gasteiger partial charge < -0.3 is 10.1 Å². The molecule has 0 radical (unpaired) electrons. The van der Waals surface area contributed by atoms with Gasteiger partial charge in [0.1, 0.15) is 0 Å². The maximum atomic E-state index is 11.5. The monoisotopic (exact) mass is 335 g/mol. The first-order valence-corrected chi connectivity index (χ1v) is 8.53. The Kier molecular flexibility index (Phi) is 6.36. The number of carbonyl (C=O) groups is 2. The van der Waals surface area contributed by atoms with E-state index in [1.165, 1.54) is 15.8 Å². The molecule has 2 aromatic rings. The van der Waals surface area contributed by atoms with Crippen LogP contribution in [0.15, 0.2) is 35.7 Å². The smallest absolute Gasteiger partial charge is 0.331 e. The van der Waals surface area contributed by atoms with Gasteiger partial charge in [-0.05, 0) is 43.0 Å². The van der Waals surface area contributed by atoms with Crippen molar-refractivity contribution in [1.29, 1.82) is 0 Å². The number of rotatable bonds is 7. The molecule has 0 bridgehead atoms. The molecule has 0 aromatic carbocycles. The summed E-state index contributed by atoms with van der Waals surface area (Å²) < 4.78 is 4.89. The number of hydrogen-bond acceptors (Lipinski definition) is 5. The van der Waals surface area contributed by atoms with E-state index in [2.05, 4.69) is 5.32 Å². The molecule has 0 aliphatic heterocycles. The molecule has 116 valence electrons. The van der Waals surface area contributed by atoms with Crippen molar-refractivity contribution in [3.63, 3.8) is 0 Å². The summed E-state index contributed by atoms with van der Waals surface area (Å²) in [6.45, 7) is 2.29. The van der Waals surface area contributed by atoms with E-state index in [0.717, 1.165) is 11.3 Å². The highest BCUT2D eigenvalue weighted by Crippen LogP contribution is 2.16. The first-order chi connectivity index (χ1) is 10.6. The van der Waals surface area contributed by atoms with Crippen LogP contribution in [0.1, 0.15) is 14.6 Å². The third-order valence-corrected chi connectivity index (χ3v) is 4.67. The Bertz CT molecular complexity index is 644. The molecule has 1 N–H and O–H groups in total. The van der Waals surface area contributed by atoms with Crippen LogP contribution in [0.25, 0.3) is 6.08 Å². The lowest BCUT2D eigenvalue weighted by Gasteiger charge is -2.04. The number of amides is 1. The lowest BCUT2D eigenvalue weighted by Crippen LogP contribution is -2.30. The molecule has 22 heavy (non-hydrogen) atoms. The maximum absolute atomic E-state index is 11.5. The zero-order valence-electron chi connectivity index (χ0n) is 12.2. The van der Waals surface area contributed by atoms with Crippen LogP contribution in [-0.4, -0.2) is 25.0 Å². The van der Waals surface area contributed by atoms with Crippen molar-refractivity contribution >= 4 is 40.6 Å². The first kappa shape index (κ1) is 16.5. The van der Waals surface area contributed by atoms with Crippen LogP contribution in [-0.2, 0) is 20.7 Å².